The van der Waals surface area contributed by atoms with Gasteiger partial charge in [0.1, 0.15) is 0 Å². The van der Waals surface area contributed by atoms with Crippen LogP contribution >= 0.6 is 23.2 Å². The first-order chi connectivity index (χ1) is 12.0. The van der Waals surface area contributed by atoms with Gasteiger partial charge in [0, 0.05) is 42.5 Å². The predicted octanol–water partition coefficient (Wildman–Crippen LogP) is 5.28. The monoisotopic (exact) mass is 379 g/mol. The third kappa shape index (κ3) is 5.83. The first kappa shape index (κ1) is 19.4. The normalized spacial score (nSPS) is 10.4. The number of amides is 1. The zero-order valence-corrected chi connectivity index (χ0v) is 16.0. The first-order valence-corrected chi connectivity index (χ1v) is 9.12. The lowest BCUT2D eigenvalue weighted by atomic mass is 10.2. The van der Waals surface area contributed by atoms with Crippen LogP contribution in [-0.2, 0) is 4.79 Å². The van der Waals surface area contributed by atoms with Crippen LogP contribution in [-0.4, -0.2) is 25.5 Å². The van der Waals surface area contributed by atoms with E-state index in [0.29, 0.717) is 28.7 Å². The lowest BCUT2D eigenvalue weighted by Gasteiger charge is -2.21. The highest BCUT2D eigenvalue weighted by Crippen LogP contribution is 2.25. The van der Waals surface area contributed by atoms with Gasteiger partial charge in [-0.15, -0.1) is 0 Å². The second-order valence-corrected chi connectivity index (χ2v) is 6.41. The molecule has 0 fully saturated rings. The molecule has 0 atom stereocenters. The average molecular weight is 380 g/mol. The number of nitrogens with one attached hydrogen (secondary N) is 2. The SMILES string of the molecule is CCN(CC)c1ccc(NCCC(=O)Nc2cc(Cl)ccc2Cl)cc1. The van der Waals surface area contributed by atoms with E-state index in [0.717, 1.165) is 18.8 Å². The Hall–Kier alpha value is -1.91. The van der Waals surface area contributed by atoms with Gasteiger partial charge in [-0.25, -0.2) is 0 Å². The van der Waals surface area contributed by atoms with E-state index in [2.05, 4.69) is 41.5 Å². The fourth-order valence-electron chi connectivity index (χ4n) is 2.51. The number of nitrogens with zero attached hydrogens (tertiary/aromatic N) is 1. The minimum atomic E-state index is -0.114. The Balaban J connectivity index is 1.82. The molecule has 2 aromatic carbocycles. The van der Waals surface area contributed by atoms with E-state index < -0.39 is 0 Å². The van der Waals surface area contributed by atoms with Gasteiger partial charge in [0.15, 0.2) is 0 Å². The Morgan fingerprint density at radius 1 is 1.04 bits per heavy atom. The molecule has 1 amide bonds. The molecule has 2 aromatic rings. The smallest absolute Gasteiger partial charge is 0.226 e. The second-order valence-electron chi connectivity index (χ2n) is 5.57. The summed E-state index contributed by atoms with van der Waals surface area (Å²) in [6.07, 6.45) is 0.334. The van der Waals surface area contributed by atoms with E-state index in [-0.39, 0.29) is 5.91 Å². The third-order valence-electron chi connectivity index (χ3n) is 3.88. The summed E-state index contributed by atoms with van der Waals surface area (Å²) in [7, 11) is 0. The van der Waals surface area contributed by atoms with Crippen molar-refractivity contribution in [3.05, 3.63) is 52.5 Å². The van der Waals surface area contributed by atoms with Crippen LogP contribution in [0.25, 0.3) is 0 Å². The van der Waals surface area contributed by atoms with E-state index in [1.807, 2.05) is 12.1 Å². The summed E-state index contributed by atoms with van der Waals surface area (Å²) < 4.78 is 0. The lowest BCUT2D eigenvalue weighted by Crippen LogP contribution is -2.21. The van der Waals surface area contributed by atoms with Crippen molar-refractivity contribution in [2.24, 2.45) is 0 Å². The zero-order chi connectivity index (χ0) is 18.2. The minimum Gasteiger partial charge on any atom is -0.385 e. The first-order valence-electron chi connectivity index (χ1n) is 8.37. The van der Waals surface area contributed by atoms with Crippen LogP contribution in [0.2, 0.25) is 10.0 Å². The Bertz CT molecular complexity index is 700. The van der Waals surface area contributed by atoms with Gasteiger partial charge >= 0.3 is 0 Å². The predicted molar refractivity (Wildman–Crippen MR) is 108 cm³/mol. The lowest BCUT2D eigenvalue weighted by molar-refractivity contribution is -0.115. The number of hydrogen-bond acceptors (Lipinski definition) is 3. The molecule has 0 unspecified atom stereocenters. The molecule has 0 saturated heterocycles. The van der Waals surface area contributed by atoms with Crippen molar-refractivity contribution in [3.8, 4) is 0 Å². The van der Waals surface area contributed by atoms with Crippen LogP contribution in [0.3, 0.4) is 0 Å². The quantitative estimate of drug-likeness (QED) is 0.655. The summed E-state index contributed by atoms with van der Waals surface area (Å²) in [5.41, 5.74) is 2.72. The van der Waals surface area contributed by atoms with Gasteiger partial charge in [-0.05, 0) is 56.3 Å². The zero-order valence-electron chi connectivity index (χ0n) is 14.5. The van der Waals surface area contributed by atoms with E-state index in [1.54, 1.807) is 18.2 Å². The van der Waals surface area contributed by atoms with Crippen LogP contribution in [0.5, 0.6) is 0 Å². The molecule has 6 heteroatoms. The number of halogens is 2. The fourth-order valence-corrected chi connectivity index (χ4v) is 2.84. The van der Waals surface area contributed by atoms with E-state index in [1.165, 1.54) is 5.69 Å². The highest BCUT2D eigenvalue weighted by molar-refractivity contribution is 6.35. The molecule has 0 saturated carbocycles. The van der Waals surface area contributed by atoms with Gasteiger partial charge in [0.2, 0.25) is 5.91 Å². The molecule has 0 aliphatic heterocycles. The Morgan fingerprint density at radius 2 is 1.72 bits per heavy atom. The molecule has 2 N–H and O–H groups in total. The fraction of sp³-hybridized carbons (Fsp3) is 0.316. The second kappa shape index (κ2) is 9.54. The maximum atomic E-state index is 12.0. The topological polar surface area (TPSA) is 44.4 Å². The van der Waals surface area contributed by atoms with Crippen LogP contribution in [0.15, 0.2) is 42.5 Å². The molecule has 0 aliphatic carbocycles. The highest BCUT2D eigenvalue weighted by Gasteiger charge is 2.07. The molecule has 0 radical (unpaired) electrons. The average Bonchev–Trinajstić information content (AvgIpc) is 2.60. The van der Waals surface area contributed by atoms with Crippen molar-refractivity contribution in [1.82, 2.24) is 0 Å². The summed E-state index contributed by atoms with van der Waals surface area (Å²) >= 11 is 12.0. The number of carbonyl (C=O) groups is 1. The van der Waals surface area contributed by atoms with Crippen molar-refractivity contribution in [2.75, 3.05) is 35.2 Å². The number of benzene rings is 2. The Kier molecular flexibility index (Phi) is 7.41. The maximum Gasteiger partial charge on any atom is 0.226 e. The molecule has 2 rings (SSSR count). The van der Waals surface area contributed by atoms with Gasteiger partial charge in [-0.3, -0.25) is 4.79 Å². The third-order valence-corrected chi connectivity index (χ3v) is 4.44. The number of anilines is 3. The Morgan fingerprint density at radius 3 is 2.36 bits per heavy atom. The molecule has 134 valence electrons. The van der Waals surface area contributed by atoms with Crippen molar-refractivity contribution >= 4 is 46.2 Å². The summed E-state index contributed by atoms with van der Waals surface area (Å²) in [4.78, 5) is 14.3. The molecule has 0 aliphatic rings. The van der Waals surface area contributed by atoms with Crippen molar-refractivity contribution in [1.29, 1.82) is 0 Å². The highest BCUT2D eigenvalue weighted by atomic mass is 35.5. The van der Waals surface area contributed by atoms with E-state index >= 15 is 0 Å². The van der Waals surface area contributed by atoms with Crippen molar-refractivity contribution in [2.45, 2.75) is 20.3 Å². The number of rotatable bonds is 8. The van der Waals surface area contributed by atoms with Gasteiger partial charge in [-0.2, -0.15) is 0 Å². The number of hydrogen-bond donors (Lipinski definition) is 2. The molecular formula is C19H23Cl2N3O. The van der Waals surface area contributed by atoms with E-state index in [9.17, 15) is 4.79 Å². The summed E-state index contributed by atoms with van der Waals surface area (Å²) in [5, 5.41) is 7.03. The van der Waals surface area contributed by atoms with Gasteiger partial charge in [0.25, 0.3) is 0 Å². The van der Waals surface area contributed by atoms with Crippen molar-refractivity contribution < 1.29 is 4.79 Å². The van der Waals surface area contributed by atoms with Crippen LogP contribution < -0.4 is 15.5 Å². The molecule has 0 spiro atoms. The molecule has 25 heavy (non-hydrogen) atoms. The van der Waals surface area contributed by atoms with Crippen LogP contribution in [0.4, 0.5) is 17.1 Å². The van der Waals surface area contributed by atoms with E-state index in [4.69, 9.17) is 23.2 Å². The molecular weight excluding hydrogens is 357 g/mol. The summed E-state index contributed by atoms with van der Waals surface area (Å²) in [6, 6.07) is 13.2. The molecule has 0 heterocycles. The molecule has 0 bridgehead atoms. The standard InChI is InChI=1S/C19H23Cl2N3O/c1-3-24(4-2)16-8-6-15(7-9-16)22-12-11-19(25)23-18-13-14(20)5-10-17(18)21/h5-10,13,22H,3-4,11-12H2,1-2H3,(H,23,25). The molecule has 4 nitrogen and oxygen atoms in total. The van der Waals surface area contributed by atoms with Crippen LogP contribution in [0.1, 0.15) is 20.3 Å². The van der Waals surface area contributed by atoms with Crippen molar-refractivity contribution in [3.63, 3.8) is 0 Å². The van der Waals surface area contributed by atoms with Gasteiger partial charge < -0.3 is 15.5 Å². The van der Waals surface area contributed by atoms with Gasteiger partial charge in [-0.1, -0.05) is 23.2 Å². The van der Waals surface area contributed by atoms with Gasteiger partial charge in [0.05, 0.1) is 10.7 Å². The number of carbonyl (C=O) groups excluding carboxylic acids is 1. The summed E-state index contributed by atoms with van der Waals surface area (Å²) in [5.74, 6) is -0.114. The molecule has 0 aromatic heterocycles. The maximum absolute atomic E-state index is 12.0. The van der Waals surface area contributed by atoms with Crippen LogP contribution in [0, 0.1) is 0 Å². The largest absolute Gasteiger partial charge is 0.385 e. The Labute approximate surface area is 159 Å². The summed E-state index contributed by atoms with van der Waals surface area (Å²) in [6.45, 7) is 6.78. The minimum absolute atomic E-state index is 0.114.